The Bertz CT molecular complexity index is 331. The van der Waals surface area contributed by atoms with E-state index in [9.17, 15) is 4.79 Å². The summed E-state index contributed by atoms with van der Waals surface area (Å²) in [6.45, 7) is 1.79. The molecule has 0 aliphatic carbocycles. The van der Waals surface area contributed by atoms with Crippen LogP contribution in [0.4, 0.5) is 0 Å². The van der Waals surface area contributed by atoms with Crippen LogP contribution in [0.15, 0.2) is 30.5 Å². The van der Waals surface area contributed by atoms with Crippen molar-refractivity contribution in [1.29, 1.82) is 0 Å². The molecule has 1 aromatic rings. The third kappa shape index (κ3) is 2.15. The van der Waals surface area contributed by atoms with Gasteiger partial charge in [0.2, 0.25) is 5.78 Å². The fraction of sp³-hybridized carbons (Fsp3) is 0.200. The highest BCUT2D eigenvalue weighted by atomic mass is 16.5. The Kier molecular flexibility index (Phi) is 3.20. The Balaban J connectivity index is 3.05. The lowest BCUT2D eigenvalue weighted by Gasteiger charge is -2.02. The van der Waals surface area contributed by atoms with E-state index in [0.29, 0.717) is 11.4 Å². The Hall–Kier alpha value is -1.64. The van der Waals surface area contributed by atoms with Gasteiger partial charge in [0.05, 0.1) is 7.11 Å². The van der Waals surface area contributed by atoms with E-state index in [0.717, 1.165) is 0 Å². The smallest absolute Gasteiger partial charge is 0.207 e. The third-order valence-electron chi connectivity index (χ3n) is 1.54. The van der Waals surface area contributed by atoms with E-state index in [1.165, 1.54) is 13.2 Å². The fourth-order valence-electron chi connectivity index (χ4n) is 0.971. The SMILES string of the molecule is C/C=C/C(=O)c1ncccc1OC. The Morgan fingerprint density at radius 2 is 2.38 bits per heavy atom. The molecule has 3 heteroatoms. The van der Waals surface area contributed by atoms with Crippen LogP contribution in [0.3, 0.4) is 0 Å². The largest absolute Gasteiger partial charge is 0.494 e. The summed E-state index contributed by atoms with van der Waals surface area (Å²) in [5, 5.41) is 0. The molecular weight excluding hydrogens is 166 g/mol. The molecule has 0 fully saturated rings. The van der Waals surface area contributed by atoms with E-state index in [1.54, 1.807) is 31.3 Å². The highest BCUT2D eigenvalue weighted by Gasteiger charge is 2.08. The number of hydrogen-bond acceptors (Lipinski definition) is 3. The van der Waals surface area contributed by atoms with Crippen LogP contribution in [0, 0.1) is 0 Å². The number of carbonyl (C=O) groups excluding carboxylic acids is 1. The average molecular weight is 177 g/mol. The Labute approximate surface area is 77.1 Å². The quantitative estimate of drug-likeness (QED) is 0.522. The number of ketones is 1. The van der Waals surface area contributed by atoms with Gasteiger partial charge in [0, 0.05) is 6.20 Å². The molecule has 68 valence electrons. The molecule has 0 saturated heterocycles. The predicted molar refractivity (Wildman–Crippen MR) is 49.9 cm³/mol. The first-order valence-electron chi connectivity index (χ1n) is 3.95. The molecule has 1 aromatic heterocycles. The van der Waals surface area contributed by atoms with Gasteiger partial charge in [0.15, 0.2) is 5.69 Å². The number of nitrogens with zero attached hydrogens (tertiary/aromatic N) is 1. The van der Waals surface area contributed by atoms with Crippen LogP contribution in [0.1, 0.15) is 17.4 Å². The standard InChI is InChI=1S/C10H11NO2/c1-3-5-8(12)10-9(13-2)6-4-7-11-10/h3-7H,1-2H3/b5-3+. The molecule has 0 bridgehead atoms. The summed E-state index contributed by atoms with van der Waals surface area (Å²) in [6, 6.07) is 3.44. The van der Waals surface area contributed by atoms with E-state index in [1.807, 2.05) is 0 Å². The van der Waals surface area contributed by atoms with E-state index < -0.39 is 0 Å². The van der Waals surface area contributed by atoms with Gasteiger partial charge in [0.1, 0.15) is 5.75 Å². The molecule has 1 heterocycles. The van der Waals surface area contributed by atoms with Crippen molar-refractivity contribution in [3.8, 4) is 5.75 Å². The van der Waals surface area contributed by atoms with Crippen molar-refractivity contribution >= 4 is 5.78 Å². The summed E-state index contributed by atoms with van der Waals surface area (Å²) < 4.78 is 5.00. The maximum absolute atomic E-state index is 11.4. The van der Waals surface area contributed by atoms with E-state index in [4.69, 9.17) is 4.74 Å². The summed E-state index contributed by atoms with van der Waals surface area (Å²) in [5.74, 6) is 0.366. The van der Waals surface area contributed by atoms with Crippen molar-refractivity contribution in [3.05, 3.63) is 36.2 Å². The summed E-state index contributed by atoms with van der Waals surface area (Å²) in [6.07, 6.45) is 4.71. The molecule has 0 radical (unpaired) electrons. The number of aromatic nitrogens is 1. The van der Waals surface area contributed by atoms with Crippen molar-refractivity contribution in [2.45, 2.75) is 6.92 Å². The molecule has 0 aliphatic rings. The van der Waals surface area contributed by atoms with Crippen molar-refractivity contribution in [3.63, 3.8) is 0 Å². The first-order valence-corrected chi connectivity index (χ1v) is 3.95. The van der Waals surface area contributed by atoms with Crippen LogP contribution < -0.4 is 4.74 Å². The van der Waals surface area contributed by atoms with Gasteiger partial charge in [-0.25, -0.2) is 4.98 Å². The zero-order valence-electron chi connectivity index (χ0n) is 7.65. The maximum atomic E-state index is 11.4. The molecule has 0 N–H and O–H groups in total. The minimum absolute atomic E-state index is 0.139. The lowest BCUT2D eigenvalue weighted by Crippen LogP contribution is -2.01. The zero-order chi connectivity index (χ0) is 9.68. The van der Waals surface area contributed by atoms with Crippen LogP contribution in [0.2, 0.25) is 0 Å². The van der Waals surface area contributed by atoms with Gasteiger partial charge >= 0.3 is 0 Å². The summed E-state index contributed by atoms with van der Waals surface area (Å²) >= 11 is 0. The maximum Gasteiger partial charge on any atom is 0.207 e. The highest BCUT2D eigenvalue weighted by molar-refractivity contribution is 6.04. The molecule has 0 aromatic carbocycles. The molecule has 13 heavy (non-hydrogen) atoms. The predicted octanol–water partition coefficient (Wildman–Crippen LogP) is 1.85. The van der Waals surface area contributed by atoms with E-state index in [-0.39, 0.29) is 5.78 Å². The van der Waals surface area contributed by atoms with Gasteiger partial charge in [-0.2, -0.15) is 0 Å². The normalized spacial score (nSPS) is 10.3. The van der Waals surface area contributed by atoms with Gasteiger partial charge in [-0.05, 0) is 25.1 Å². The van der Waals surface area contributed by atoms with Gasteiger partial charge in [-0.1, -0.05) is 6.08 Å². The van der Waals surface area contributed by atoms with Gasteiger partial charge in [-0.15, -0.1) is 0 Å². The number of carbonyl (C=O) groups is 1. The zero-order valence-corrected chi connectivity index (χ0v) is 7.65. The minimum atomic E-state index is -0.139. The van der Waals surface area contributed by atoms with E-state index >= 15 is 0 Å². The topological polar surface area (TPSA) is 39.2 Å². The summed E-state index contributed by atoms with van der Waals surface area (Å²) in [4.78, 5) is 15.3. The Morgan fingerprint density at radius 3 is 3.00 bits per heavy atom. The van der Waals surface area contributed by atoms with Crippen LogP contribution >= 0.6 is 0 Å². The number of ether oxygens (including phenoxy) is 1. The van der Waals surface area contributed by atoms with Crippen LogP contribution in [-0.4, -0.2) is 17.9 Å². The van der Waals surface area contributed by atoms with Crippen molar-refractivity contribution in [2.24, 2.45) is 0 Å². The number of allylic oxidation sites excluding steroid dienone is 2. The second-order valence-corrected chi connectivity index (χ2v) is 2.42. The minimum Gasteiger partial charge on any atom is -0.494 e. The number of methoxy groups -OCH3 is 1. The molecule has 1 rings (SSSR count). The summed E-state index contributed by atoms with van der Waals surface area (Å²) in [7, 11) is 1.52. The molecular formula is C10H11NO2. The number of hydrogen-bond donors (Lipinski definition) is 0. The fourth-order valence-corrected chi connectivity index (χ4v) is 0.971. The number of rotatable bonds is 3. The lowest BCUT2D eigenvalue weighted by atomic mass is 10.2. The first kappa shape index (κ1) is 9.45. The molecule has 0 unspecified atom stereocenters. The van der Waals surface area contributed by atoms with Crippen molar-refractivity contribution < 1.29 is 9.53 Å². The first-order chi connectivity index (χ1) is 6.29. The molecule has 0 spiro atoms. The van der Waals surface area contributed by atoms with Gasteiger partial charge in [-0.3, -0.25) is 4.79 Å². The average Bonchev–Trinajstić information content (AvgIpc) is 2.18. The highest BCUT2D eigenvalue weighted by Crippen LogP contribution is 2.15. The Morgan fingerprint density at radius 1 is 1.62 bits per heavy atom. The summed E-state index contributed by atoms with van der Waals surface area (Å²) in [5.41, 5.74) is 0.350. The van der Waals surface area contributed by atoms with Gasteiger partial charge in [0.25, 0.3) is 0 Å². The second kappa shape index (κ2) is 4.40. The van der Waals surface area contributed by atoms with Crippen LogP contribution in [0.25, 0.3) is 0 Å². The van der Waals surface area contributed by atoms with Crippen LogP contribution in [0.5, 0.6) is 5.75 Å². The van der Waals surface area contributed by atoms with E-state index in [2.05, 4.69) is 4.98 Å². The number of pyridine rings is 1. The molecule has 3 nitrogen and oxygen atoms in total. The van der Waals surface area contributed by atoms with Crippen molar-refractivity contribution in [1.82, 2.24) is 4.98 Å². The molecule has 0 saturated carbocycles. The van der Waals surface area contributed by atoms with Crippen molar-refractivity contribution in [2.75, 3.05) is 7.11 Å². The lowest BCUT2D eigenvalue weighted by molar-refractivity contribution is 0.103. The molecule has 0 aliphatic heterocycles. The molecule has 0 amide bonds. The monoisotopic (exact) mass is 177 g/mol. The molecule has 0 atom stereocenters. The second-order valence-electron chi connectivity index (χ2n) is 2.42. The third-order valence-corrected chi connectivity index (χ3v) is 1.54. The van der Waals surface area contributed by atoms with Crippen LogP contribution in [-0.2, 0) is 0 Å². The van der Waals surface area contributed by atoms with Gasteiger partial charge < -0.3 is 4.74 Å².